The lowest BCUT2D eigenvalue weighted by Crippen LogP contribution is -2.19. The third-order valence-corrected chi connectivity index (χ3v) is 4.25. The highest BCUT2D eigenvalue weighted by Crippen LogP contribution is 2.18. The Morgan fingerprint density at radius 3 is 3.00 bits per heavy atom. The molecule has 3 rings (SSSR count). The molecular weight excluding hydrogens is 321 g/mol. The molecule has 23 heavy (non-hydrogen) atoms. The van der Waals surface area contributed by atoms with Crippen LogP contribution in [0.1, 0.15) is 16.2 Å². The summed E-state index contributed by atoms with van der Waals surface area (Å²) in [4.78, 5) is 16.8. The summed E-state index contributed by atoms with van der Waals surface area (Å²) in [5.41, 5.74) is 0.945. The zero-order valence-electron chi connectivity index (χ0n) is 12.6. The molecule has 6 nitrogen and oxygen atoms in total. The van der Waals surface area contributed by atoms with Gasteiger partial charge < -0.3 is 13.8 Å². The molecule has 0 aliphatic carbocycles. The van der Waals surface area contributed by atoms with Crippen molar-refractivity contribution in [2.45, 2.75) is 13.5 Å². The number of carbonyl (C=O) groups excluding carboxylic acids is 1. The molecule has 3 aromatic rings. The Morgan fingerprint density at radius 2 is 2.30 bits per heavy atom. The molecule has 1 amide bonds. The molecule has 0 fully saturated rings. The third-order valence-electron chi connectivity index (χ3n) is 3.21. The second kappa shape index (κ2) is 6.43. The van der Waals surface area contributed by atoms with Crippen molar-refractivity contribution in [2.75, 3.05) is 13.7 Å². The van der Waals surface area contributed by atoms with Gasteiger partial charge in [0.25, 0.3) is 0 Å². The van der Waals surface area contributed by atoms with Crippen LogP contribution in [-0.4, -0.2) is 29.3 Å². The number of amides is 1. The van der Waals surface area contributed by atoms with Gasteiger partial charge in [0.15, 0.2) is 10.5 Å². The SMILES string of the molecule is COCCn1c(=NC(=O)c2cc(C)on2)sc2cc(F)ccc21. The molecule has 2 aromatic heterocycles. The number of nitrogens with zero attached hydrogens (tertiary/aromatic N) is 3. The summed E-state index contributed by atoms with van der Waals surface area (Å²) < 4.78 is 25.9. The first-order chi connectivity index (χ1) is 11.1. The number of aryl methyl sites for hydroxylation is 1. The minimum atomic E-state index is -0.500. The number of aromatic nitrogens is 2. The Kier molecular flexibility index (Phi) is 4.35. The average Bonchev–Trinajstić information content (AvgIpc) is 3.08. The molecule has 0 unspecified atom stereocenters. The highest BCUT2D eigenvalue weighted by Gasteiger charge is 2.12. The van der Waals surface area contributed by atoms with E-state index in [0.717, 1.165) is 5.52 Å². The zero-order chi connectivity index (χ0) is 16.4. The van der Waals surface area contributed by atoms with Gasteiger partial charge in [0.1, 0.15) is 11.6 Å². The van der Waals surface area contributed by atoms with E-state index < -0.39 is 5.91 Å². The molecular formula is C15H14FN3O3S. The van der Waals surface area contributed by atoms with E-state index in [1.165, 1.54) is 29.5 Å². The lowest BCUT2D eigenvalue weighted by Gasteiger charge is -2.03. The van der Waals surface area contributed by atoms with Crippen molar-refractivity contribution in [3.8, 4) is 0 Å². The summed E-state index contributed by atoms with van der Waals surface area (Å²) in [7, 11) is 1.59. The monoisotopic (exact) mass is 335 g/mol. The van der Waals surface area contributed by atoms with Gasteiger partial charge in [0.2, 0.25) is 0 Å². The largest absolute Gasteiger partial charge is 0.383 e. The number of benzene rings is 1. The summed E-state index contributed by atoms with van der Waals surface area (Å²) in [5.74, 6) is -0.295. The number of hydrogen-bond donors (Lipinski definition) is 0. The van der Waals surface area contributed by atoms with Gasteiger partial charge in [-0.15, -0.1) is 0 Å². The summed E-state index contributed by atoms with van der Waals surface area (Å²) >= 11 is 1.24. The molecule has 0 N–H and O–H groups in total. The highest BCUT2D eigenvalue weighted by atomic mass is 32.1. The van der Waals surface area contributed by atoms with Crippen LogP contribution in [0.4, 0.5) is 4.39 Å². The first-order valence-electron chi connectivity index (χ1n) is 6.88. The Labute approximate surface area is 134 Å². The van der Waals surface area contributed by atoms with Crippen molar-refractivity contribution in [2.24, 2.45) is 4.99 Å². The van der Waals surface area contributed by atoms with Crippen LogP contribution in [0.2, 0.25) is 0 Å². The molecule has 0 aliphatic rings. The fourth-order valence-corrected chi connectivity index (χ4v) is 3.22. The van der Waals surface area contributed by atoms with Crippen LogP contribution in [0.3, 0.4) is 0 Å². The summed E-state index contributed by atoms with van der Waals surface area (Å²) in [5, 5.41) is 3.66. The Balaban J connectivity index is 2.11. The van der Waals surface area contributed by atoms with E-state index in [9.17, 15) is 9.18 Å². The zero-order valence-corrected chi connectivity index (χ0v) is 13.4. The molecule has 0 saturated carbocycles. The first kappa shape index (κ1) is 15.6. The quantitative estimate of drug-likeness (QED) is 0.735. The molecule has 120 valence electrons. The molecule has 8 heteroatoms. The second-order valence-electron chi connectivity index (χ2n) is 4.88. The number of fused-ring (bicyclic) bond motifs is 1. The maximum atomic E-state index is 13.4. The van der Waals surface area contributed by atoms with E-state index >= 15 is 0 Å². The fourth-order valence-electron chi connectivity index (χ4n) is 2.14. The predicted molar refractivity (Wildman–Crippen MR) is 82.8 cm³/mol. The van der Waals surface area contributed by atoms with E-state index in [4.69, 9.17) is 9.26 Å². The number of ether oxygens (including phenoxy) is 1. The molecule has 0 radical (unpaired) electrons. The van der Waals surface area contributed by atoms with E-state index in [0.29, 0.717) is 28.4 Å². The molecule has 0 bridgehead atoms. The normalized spacial score (nSPS) is 12.2. The molecule has 0 atom stereocenters. The van der Waals surface area contributed by atoms with E-state index in [-0.39, 0.29) is 11.5 Å². The van der Waals surface area contributed by atoms with Crippen molar-refractivity contribution in [1.82, 2.24) is 9.72 Å². The number of methoxy groups -OCH3 is 1. The Bertz CT molecular complexity index is 926. The van der Waals surface area contributed by atoms with Crippen molar-refractivity contribution in [1.29, 1.82) is 0 Å². The molecule has 0 saturated heterocycles. The third kappa shape index (κ3) is 3.22. The van der Waals surface area contributed by atoms with Crippen LogP contribution >= 0.6 is 11.3 Å². The lowest BCUT2D eigenvalue weighted by molar-refractivity contribution is 0.0988. The number of rotatable bonds is 4. The summed E-state index contributed by atoms with van der Waals surface area (Å²) in [6.45, 7) is 2.66. The molecule has 1 aromatic carbocycles. The minimum Gasteiger partial charge on any atom is -0.383 e. The molecule has 0 aliphatic heterocycles. The highest BCUT2D eigenvalue weighted by molar-refractivity contribution is 7.16. The van der Waals surface area contributed by atoms with Crippen molar-refractivity contribution in [3.63, 3.8) is 0 Å². The molecule has 0 spiro atoms. The van der Waals surface area contributed by atoms with Gasteiger partial charge in [-0.1, -0.05) is 16.5 Å². The number of thiazole rings is 1. The van der Waals surface area contributed by atoms with Gasteiger partial charge in [-0.3, -0.25) is 4.79 Å². The van der Waals surface area contributed by atoms with Gasteiger partial charge >= 0.3 is 5.91 Å². The minimum absolute atomic E-state index is 0.143. The van der Waals surface area contributed by atoms with Gasteiger partial charge in [0, 0.05) is 19.7 Å². The van der Waals surface area contributed by atoms with Crippen LogP contribution in [0.15, 0.2) is 33.8 Å². The summed E-state index contributed by atoms with van der Waals surface area (Å²) in [6.07, 6.45) is 0. The number of hydrogen-bond acceptors (Lipinski definition) is 5. The maximum Gasteiger partial charge on any atom is 0.301 e. The van der Waals surface area contributed by atoms with Crippen LogP contribution in [-0.2, 0) is 11.3 Å². The van der Waals surface area contributed by atoms with Crippen molar-refractivity contribution >= 4 is 27.5 Å². The van der Waals surface area contributed by atoms with Gasteiger partial charge in [0.05, 0.1) is 16.8 Å². The van der Waals surface area contributed by atoms with Gasteiger partial charge in [-0.2, -0.15) is 4.99 Å². The van der Waals surface area contributed by atoms with E-state index in [1.807, 2.05) is 4.57 Å². The lowest BCUT2D eigenvalue weighted by atomic mass is 10.3. The maximum absolute atomic E-state index is 13.4. The number of halogens is 1. The smallest absolute Gasteiger partial charge is 0.301 e. The second-order valence-corrected chi connectivity index (χ2v) is 5.89. The van der Waals surface area contributed by atoms with E-state index in [2.05, 4.69) is 10.1 Å². The Morgan fingerprint density at radius 1 is 1.48 bits per heavy atom. The average molecular weight is 335 g/mol. The van der Waals surface area contributed by atoms with Crippen LogP contribution in [0, 0.1) is 12.7 Å². The summed E-state index contributed by atoms with van der Waals surface area (Å²) in [6, 6.07) is 6.00. The predicted octanol–water partition coefficient (Wildman–Crippen LogP) is 2.53. The van der Waals surface area contributed by atoms with Crippen molar-refractivity contribution < 1.29 is 18.4 Å². The number of carbonyl (C=O) groups is 1. The van der Waals surface area contributed by atoms with E-state index in [1.54, 1.807) is 20.1 Å². The van der Waals surface area contributed by atoms with Gasteiger partial charge in [-0.25, -0.2) is 4.39 Å². The van der Waals surface area contributed by atoms with Crippen LogP contribution in [0.5, 0.6) is 0 Å². The fraction of sp³-hybridized carbons (Fsp3) is 0.267. The molecule has 2 heterocycles. The van der Waals surface area contributed by atoms with Crippen molar-refractivity contribution in [3.05, 3.63) is 46.3 Å². The van der Waals surface area contributed by atoms with Crippen LogP contribution < -0.4 is 4.80 Å². The first-order valence-corrected chi connectivity index (χ1v) is 7.70. The van der Waals surface area contributed by atoms with Gasteiger partial charge in [-0.05, 0) is 25.1 Å². The standard InChI is InChI=1S/C15H14FN3O3S/c1-9-7-11(18-22-9)14(20)17-15-19(5-6-21-2)12-4-3-10(16)8-13(12)23-15/h3-4,7-8H,5-6H2,1-2H3. The Hall–Kier alpha value is -2.32. The van der Waals surface area contributed by atoms with Crippen LogP contribution in [0.25, 0.3) is 10.2 Å². The topological polar surface area (TPSA) is 69.6 Å².